The molecule has 0 aliphatic heterocycles. The average Bonchev–Trinajstić information content (AvgIpc) is 3.10. The summed E-state index contributed by atoms with van der Waals surface area (Å²) in [6.45, 7) is 0.823. The first-order chi connectivity index (χ1) is 13.1. The van der Waals surface area contributed by atoms with Crippen LogP contribution in [0.5, 0.6) is 0 Å². The quantitative estimate of drug-likeness (QED) is 0.503. The number of carbonyl (C=O) groups excluding carboxylic acids is 1. The molecule has 27 heavy (non-hydrogen) atoms. The van der Waals surface area contributed by atoms with Crippen molar-refractivity contribution in [2.45, 2.75) is 31.9 Å². The molecule has 1 unspecified atom stereocenters. The van der Waals surface area contributed by atoms with Crippen molar-refractivity contribution in [1.29, 1.82) is 0 Å². The fraction of sp³-hybridized carbons (Fsp3) is 0.300. The van der Waals surface area contributed by atoms with E-state index >= 15 is 0 Å². The number of unbranched alkanes of at least 4 members (excludes halogenated alkanes) is 1. The maximum Gasteiger partial charge on any atom is 0.407 e. The number of nitrogens with one attached hydrogen (secondary N) is 2. The van der Waals surface area contributed by atoms with E-state index in [-0.39, 0.29) is 12.6 Å². The Morgan fingerprint density at radius 3 is 2.85 bits per heavy atom. The molecule has 0 saturated carbocycles. The highest BCUT2D eigenvalue weighted by Crippen LogP contribution is 2.21. The van der Waals surface area contributed by atoms with Crippen LogP contribution in [0.15, 0.2) is 48.5 Å². The number of benzene rings is 2. The molecule has 1 heterocycles. The summed E-state index contributed by atoms with van der Waals surface area (Å²) in [6, 6.07) is 14.9. The number of aromatic amines is 1. The minimum absolute atomic E-state index is 0.179. The molecule has 2 aromatic carbocycles. The minimum atomic E-state index is -0.405. The minimum Gasteiger partial charge on any atom is -0.445 e. The van der Waals surface area contributed by atoms with Gasteiger partial charge in [-0.05, 0) is 43.0 Å². The Morgan fingerprint density at radius 1 is 1.22 bits per heavy atom. The molecule has 0 aliphatic rings. The molecule has 3 rings (SSSR count). The molecule has 3 aromatic rings. The van der Waals surface area contributed by atoms with Gasteiger partial charge in [-0.3, -0.25) is 0 Å². The second kappa shape index (κ2) is 9.39. The van der Waals surface area contributed by atoms with Crippen LogP contribution in [-0.2, 0) is 11.3 Å². The number of imidazole rings is 1. The Bertz CT molecular complexity index is 882. The lowest BCUT2D eigenvalue weighted by molar-refractivity contribution is 0.139. The molecule has 0 spiro atoms. The molecule has 142 valence electrons. The van der Waals surface area contributed by atoms with Gasteiger partial charge in [0.05, 0.1) is 17.1 Å². The van der Waals surface area contributed by atoms with E-state index in [4.69, 9.17) is 22.1 Å². The van der Waals surface area contributed by atoms with Crippen molar-refractivity contribution in [2.24, 2.45) is 5.73 Å². The monoisotopic (exact) mass is 386 g/mol. The standard InChI is InChI=1S/C20H23ClN4O2/c21-15-9-10-17-18(12-15)25-19(24-17)16(22)8-4-5-11-23-20(26)27-13-14-6-2-1-3-7-14/h1-3,6-7,9-10,12,16H,4-5,8,11,13,22H2,(H,23,26)(H,24,25). The second-order valence-corrected chi connectivity index (χ2v) is 6.81. The zero-order valence-electron chi connectivity index (χ0n) is 15.0. The highest BCUT2D eigenvalue weighted by molar-refractivity contribution is 6.31. The zero-order chi connectivity index (χ0) is 19.1. The summed E-state index contributed by atoms with van der Waals surface area (Å²) in [5.41, 5.74) is 8.92. The zero-order valence-corrected chi connectivity index (χ0v) is 15.7. The SMILES string of the molecule is NC(CCCCNC(=O)OCc1ccccc1)c1nc2cc(Cl)ccc2[nH]1. The highest BCUT2D eigenvalue weighted by atomic mass is 35.5. The number of halogens is 1. The Labute approximate surface area is 163 Å². The summed E-state index contributed by atoms with van der Waals surface area (Å²) in [4.78, 5) is 19.4. The van der Waals surface area contributed by atoms with Gasteiger partial charge in [0.2, 0.25) is 0 Å². The van der Waals surface area contributed by atoms with Crippen LogP contribution in [0.1, 0.15) is 36.7 Å². The van der Waals surface area contributed by atoms with Crippen LogP contribution in [0.2, 0.25) is 5.02 Å². The number of nitrogens with zero attached hydrogens (tertiary/aromatic N) is 1. The third-order valence-electron chi connectivity index (χ3n) is 4.24. The van der Waals surface area contributed by atoms with E-state index in [0.717, 1.165) is 41.7 Å². The van der Waals surface area contributed by atoms with E-state index in [2.05, 4.69) is 15.3 Å². The van der Waals surface area contributed by atoms with Crippen LogP contribution in [0.4, 0.5) is 4.79 Å². The van der Waals surface area contributed by atoms with Crippen LogP contribution in [0, 0.1) is 0 Å². The summed E-state index contributed by atoms with van der Waals surface area (Å²) >= 11 is 5.98. The molecule has 0 aliphatic carbocycles. The molecule has 1 atom stereocenters. The highest BCUT2D eigenvalue weighted by Gasteiger charge is 2.11. The number of ether oxygens (including phenoxy) is 1. The topological polar surface area (TPSA) is 93.0 Å². The third kappa shape index (κ3) is 5.70. The Morgan fingerprint density at radius 2 is 2.04 bits per heavy atom. The molecule has 7 heteroatoms. The van der Waals surface area contributed by atoms with Gasteiger partial charge in [0.15, 0.2) is 0 Å². The summed E-state index contributed by atoms with van der Waals surface area (Å²) in [7, 11) is 0. The summed E-state index contributed by atoms with van der Waals surface area (Å²) in [5.74, 6) is 0.752. The molecule has 4 N–H and O–H groups in total. The number of H-pyrrole nitrogens is 1. The van der Waals surface area contributed by atoms with E-state index in [1.54, 1.807) is 0 Å². The van der Waals surface area contributed by atoms with Crippen LogP contribution in [0.3, 0.4) is 0 Å². The number of fused-ring (bicyclic) bond motifs is 1. The predicted molar refractivity (Wildman–Crippen MR) is 107 cm³/mol. The third-order valence-corrected chi connectivity index (χ3v) is 4.47. The summed E-state index contributed by atoms with van der Waals surface area (Å²) in [6.07, 6.45) is 2.06. The van der Waals surface area contributed by atoms with Gasteiger partial charge in [-0.15, -0.1) is 0 Å². The van der Waals surface area contributed by atoms with Crippen LogP contribution < -0.4 is 11.1 Å². The average molecular weight is 387 g/mol. The van der Waals surface area contributed by atoms with Crippen molar-refractivity contribution in [3.63, 3.8) is 0 Å². The van der Waals surface area contributed by atoms with Gasteiger partial charge < -0.3 is 20.8 Å². The molecular weight excluding hydrogens is 364 g/mol. The van der Waals surface area contributed by atoms with Crippen molar-refractivity contribution in [1.82, 2.24) is 15.3 Å². The van der Waals surface area contributed by atoms with E-state index < -0.39 is 6.09 Å². The Balaban J connectivity index is 1.33. The molecule has 1 amide bonds. The summed E-state index contributed by atoms with van der Waals surface area (Å²) < 4.78 is 5.17. The number of alkyl carbamates (subject to hydrolysis) is 1. The molecule has 6 nitrogen and oxygen atoms in total. The van der Waals surface area contributed by atoms with Gasteiger partial charge in [-0.25, -0.2) is 9.78 Å². The summed E-state index contributed by atoms with van der Waals surface area (Å²) in [5, 5.41) is 3.41. The fourth-order valence-corrected chi connectivity index (χ4v) is 2.93. The van der Waals surface area contributed by atoms with Gasteiger partial charge in [0, 0.05) is 11.6 Å². The van der Waals surface area contributed by atoms with E-state index in [1.807, 2.05) is 48.5 Å². The number of aromatic nitrogens is 2. The molecule has 0 bridgehead atoms. The number of carbonyl (C=O) groups is 1. The number of hydrogen-bond acceptors (Lipinski definition) is 4. The van der Waals surface area contributed by atoms with E-state index in [9.17, 15) is 4.79 Å². The molecule has 0 saturated heterocycles. The normalized spacial score (nSPS) is 12.1. The van der Waals surface area contributed by atoms with Crippen molar-refractivity contribution in [2.75, 3.05) is 6.54 Å². The van der Waals surface area contributed by atoms with E-state index in [0.29, 0.717) is 11.6 Å². The lowest BCUT2D eigenvalue weighted by Gasteiger charge is -2.09. The number of amides is 1. The van der Waals surface area contributed by atoms with Crippen molar-refractivity contribution < 1.29 is 9.53 Å². The molecular formula is C20H23ClN4O2. The van der Waals surface area contributed by atoms with Crippen molar-refractivity contribution in [3.8, 4) is 0 Å². The van der Waals surface area contributed by atoms with Gasteiger partial charge in [-0.2, -0.15) is 0 Å². The first kappa shape index (κ1) is 19.2. The predicted octanol–water partition coefficient (Wildman–Crippen LogP) is 4.31. The van der Waals surface area contributed by atoms with Crippen molar-refractivity contribution >= 4 is 28.7 Å². The maximum atomic E-state index is 11.7. The van der Waals surface area contributed by atoms with Crippen LogP contribution in [-0.4, -0.2) is 22.6 Å². The lowest BCUT2D eigenvalue weighted by atomic mass is 10.1. The number of rotatable bonds is 8. The van der Waals surface area contributed by atoms with Crippen LogP contribution in [0.25, 0.3) is 11.0 Å². The first-order valence-corrected chi connectivity index (χ1v) is 9.35. The second-order valence-electron chi connectivity index (χ2n) is 6.37. The van der Waals surface area contributed by atoms with Gasteiger partial charge in [-0.1, -0.05) is 41.9 Å². The molecule has 0 radical (unpaired) electrons. The van der Waals surface area contributed by atoms with Gasteiger partial charge in [0.1, 0.15) is 12.4 Å². The number of hydrogen-bond donors (Lipinski definition) is 3. The van der Waals surface area contributed by atoms with Gasteiger partial charge >= 0.3 is 6.09 Å². The van der Waals surface area contributed by atoms with Crippen LogP contribution >= 0.6 is 11.6 Å². The van der Waals surface area contributed by atoms with Gasteiger partial charge in [0.25, 0.3) is 0 Å². The largest absolute Gasteiger partial charge is 0.445 e. The lowest BCUT2D eigenvalue weighted by Crippen LogP contribution is -2.25. The fourth-order valence-electron chi connectivity index (χ4n) is 2.76. The maximum absolute atomic E-state index is 11.7. The number of nitrogens with two attached hydrogens (primary N) is 1. The Kier molecular flexibility index (Phi) is 6.68. The molecule has 1 aromatic heterocycles. The van der Waals surface area contributed by atoms with E-state index in [1.165, 1.54) is 0 Å². The Hall–Kier alpha value is -2.57. The smallest absolute Gasteiger partial charge is 0.407 e. The molecule has 0 fully saturated rings. The first-order valence-electron chi connectivity index (χ1n) is 8.97. The van der Waals surface area contributed by atoms with Crippen molar-refractivity contribution in [3.05, 3.63) is 64.9 Å².